The average molecular weight is 274 g/mol. The van der Waals surface area contributed by atoms with Crippen molar-refractivity contribution in [3.63, 3.8) is 0 Å². The van der Waals surface area contributed by atoms with Crippen LogP contribution in [0.15, 0.2) is 52.1 Å². The van der Waals surface area contributed by atoms with Gasteiger partial charge in [0.25, 0.3) is 5.22 Å². The van der Waals surface area contributed by atoms with Gasteiger partial charge < -0.3 is 10.2 Å². The van der Waals surface area contributed by atoms with Gasteiger partial charge in [-0.15, -0.1) is 0 Å². The summed E-state index contributed by atoms with van der Waals surface area (Å²) in [6.45, 7) is 0. The van der Waals surface area contributed by atoms with Crippen LogP contribution in [0.25, 0.3) is 11.1 Å². The summed E-state index contributed by atoms with van der Waals surface area (Å²) in [6, 6.07) is 12.1. The Morgan fingerprint density at radius 3 is 2.84 bits per heavy atom. The lowest BCUT2D eigenvalue weighted by Crippen LogP contribution is -1.90. The molecule has 2 N–H and O–H groups in total. The monoisotopic (exact) mass is 274 g/mol. The van der Waals surface area contributed by atoms with E-state index >= 15 is 0 Å². The van der Waals surface area contributed by atoms with Crippen molar-refractivity contribution in [1.82, 2.24) is 4.98 Å². The number of nitrogens with zero attached hydrogens (tertiary/aromatic N) is 1. The van der Waals surface area contributed by atoms with Crippen molar-refractivity contribution >= 4 is 28.5 Å². The van der Waals surface area contributed by atoms with E-state index in [2.05, 4.69) is 4.98 Å². The molecule has 0 saturated heterocycles. The number of oxazole rings is 1. The molecule has 1 heterocycles. The molecule has 0 bridgehead atoms. The highest BCUT2D eigenvalue weighted by Crippen LogP contribution is 2.26. The minimum Gasteiger partial charge on any atom is -0.431 e. The number of aromatic nitrogens is 1. The van der Waals surface area contributed by atoms with Crippen LogP contribution in [0.1, 0.15) is 5.56 Å². The first-order valence-electron chi connectivity index (χ1n) is 5.74. The van der Waals surface area contributed by atoms with Crippen LogP contribution in [0, 0.1) is 5.82 Å². The SMILES string of the molecule is Nc1cc(F)cc(CSc2nc3ccccc3o2)c1. The number of para-hydroxylation sites is 2. The summed E-state index contributed by atoms with van der Waals surface area (Å²) in [4.78, 5) is 4.34. The summed E-state index contributed by atoms with van der Waals surface area (Å²) in [7, 11) is 0. The van der Waals surface area contributed by atoms with Crippen LogP contribution in [0.2, 0.25) is 0 Å². The first kappa shape index (κ1) is 12.0. The number of nitrogen functional groups attached to an aromatic ring is 1. The second kappa shape index (κ2) is 4.93. The zero-order valence-electron chi connectivity index (χ0n) is 9.97. The van der Waals surface area contributed by atoms with Crippen LogP contribution in [0.4, 0.5) is 10.1 Å². The first-order valence-corrected chi connectivity index (χ1v) is 6.72. The van der Waals surface area contributed by atoms with Crippen molar-refractivity contribution in [3.8, 4) is 0 Å². The Labute approximate surface area is 113 Å². The predicted octanol–water partition coefficient (Wildman–Crippen LogP) is 3.84. The molecule has 96 valence electrons. The van der Waals surface area contributed by atoms with Gasteiger partial charge in [-0.2, -0.15) is 0 Å². The quantitative estimate of drug-likeness (QED) is 0.582. The van der Waals surface area contributed by atoms with Gasteiger partial charge in [0.05, 0.1) is 0 Å². The van der Waals surface area contributed by atoms with Crippen LogP contribution >= 0.6 is 11.8 Å². The van der Waals surface area contributed by atoms with E-state index in [1.807, 2.05) is 24.3 Å². The highest BCUT2D eigenvalue weighted by atomic mass is 32.2. The van der Waals surface area contributed by atoms with E-state index in [9.17, 15) is 4.39 Å². The molecule has 0 spiro atoms. The molecule has 0 atom stereocenters. The highest BCUT2D eigenvalue weighted by molar-refractivity contribution is 7.98. The summed E-state index contributed by atoms with van der Waals surface area (Å²) in [6.07, 6.45) is 0. The largest absolute Gasteiger partial charge is 0.431 e. The zero-order chi connectivity index (χ0) is 13.2. The van der Waals surface area contributed by atoms with Gasteiger partial charge in [0.1, 0.15) is 11.3 Å². The third-order valence-corrected chi connectivity index (χ3v) is 3.52. The minimum absolute atomic E-state index is 0.326. The third kappa shape index (κ3) is 2.71. The van der Waals surface area contributed by atoms with Crippen LogP contribution in [-0.4, -0.2) is 4.98 Å². The molecule has 0 amide bonds. The fraction of sp³-hybridized carbons (Fsp3) is 0.0714. The molecule has 0 fully saturated rings. The number of halogens is 1. The van der Waals surface area contributed by atoms with E-state index in [1.165, 1.54) is 23.9 Å². The Morgan fingerprint density at radius 1 is 1.21 bits per heavy atom. The number of nitrogens with two attached hydrogens (primary N) is 1. The fourth-order valence-corrected chi connectivity index (χ4v) is 2.59. The Balaban J connectivity index is 1.78. The van der Waals surface area contributed by atoms with Gasteiger partial charge >= 0.3 is 0 Å². The lowest BCUT2D eigenvalue weighted by atomic mass is 10.2. The van der Waals surface area contributed by atoms with Gasteiger partial charge in [0, 0.05) is 11.4 Å². The number of rotatable bonds is 3. The maximum atomic E-state index is 13.2. The Morgan fingerprint density at radius 2 is 2.05 bits per heavy atom. The molecule has 1 aromatic heterocycles. The Hall–Kier alpha value is -2.01. The standard InChI is InChI=1S/C14H11FN2OS/c15-10-5-9(6-11(16)7-10)8-19-14-17-12-3-1-2-4-13(12)18-14/h1-7H,8,16H2. The van der Waals surface area contributed by atoms with Crippen molar-refractivity contribution in [2.24, 2.45) is 0 Å². The van der Waals surface area contributed by atoms with E-state index in [1.54, 1.807) is 6.07 Å². The number of anilines is 1. The lowest BCUT2D eigenvalue weighted by Gasteiger charge is -2.01. The van der Waals surface area contributed by atoms with Crippen LogP contribution < -0.4 is 5.73 Å². The van der Waals surface area contributed by atoms with E-state index in [-0.39, 0.29) is 5.82 Å². The van der Waals surface area contributed by atoms with Crippen molar-refractivity contribution < 1.29 is 8.81 Å². The van der Waals surface area contributed by atoms with Gasteiger partial charge in [-0.05, 0) is 35.9 Å². The summed E-state index contributed by atoms with van der Waals surface area (Å²) >= 11 is 1.42. The molecule has 0 unspecified atom stereocenters. The third-order valence-electron chi connectivity index (χ3n) is 2.62. The topological polar surface area (TPSA) is 52.0 Å². The second-order valence-corrected chi connectivity index (χ2v) is 5.06. The van der Waals surface area contributed by atoms with Crippen molar-refractivity contribution in [1.29, 1.82) is 0 Å². The zero-order valence-corrected chi connectivity index (χ0v) is 10.8. The van der Waals surface area contributed by atoms with Gasteiger partial charge in [-0.1, -0.05) is 23.9 Å². The van der Waals surface area contributed by atoms with Gasteiger partial charge in [0.2, 0.25) is 0 Å². The molecule has 0 radical (unpaired) electrons. The number of thioether (sulfide) groups is 1. The summed E-state index contributed by atoms with van der Waals surface area (Å²) in [5.74, 6) is 0.238. The number of hydrogen-bond donors (Lipinski definition) is 1. The molecule has 5 heteroatoms. The minimum atomic E-state index is -0.326. The molecular formula is C14H11FN2OS. The molecule has 19 heavy (non-hydrogen) atoms. The van der Waals surface area contributed by atoms with E-state index < -0.39 is 0 Å². The normalized spacial score (nSPS) is 11.0. The lowest BCUT2D eigenvalue weighted by molar-refractivity contribution is 0.489. The highest BCUT2D eigenvalue weighted by Gasteiger charge is 2.06. The maximum absolute atomic E-state index is 13.2. The van der Waals surface area contributed by atoms with Crippen LogP contribution in [-0.2, 0) is 5.75 Å². The Bertz CT molecular complexity index is 673. The molecule has 3 nitrogen and oxygen atoms in total. The number of hydrogen-bond acceptors (Lipinski definition) is 4. The van der Waals surface area contributed by atoms with Gasteiger partial charge in [0.15, 0.2) is 5.58 Å². The molecule has 0 saturated carbocycles. The molecule has 3 rings (SSSR count). The number of fused-ring (bicyclic) bond motifs is 1. The van der Waals surface area contributed by atoms with Gasteiger partial charge in [-0.25, -0.2) is 9.37 Å². The average Bonchev–Trinajstić information content (AvgIpc) is 2.78. The molecule has 0 aliphatic carbocycles. The summed E-state index contributed by atoms with van der Waals surface area (Å²) in [5.41, 5.74) is 8.41. The molecule has 2 aromatic carbocycles. The molecular weight excluding hydrogens is 263 g/mol. The van der Waals surface area contributed by atoms with Crippen LogP contribution in [0.5, 0.6) is 0 Å². The van der Waals surface area contributed by atoms with E-state index in [0.717, 1.165) is 16.7 Å². The van der Waals surface area contributed by atoms with Crippen LogP contribution in [0.3, 0.4) is 0 Å². The molecule has 0 aliphatic heterocycles. The second-order valence-electron chi connectivity index (χ2n) is 4.13. The van der Waals surface area contributed by atoms with Crippen molar-refractivity contribution in [2.75, 3.05) is 5.73 Å². The van der Waals surface area contributed by atoms with E-state index in [0.29, 0.717) is 16.7 Å². The molecule has 3 aromatic rings. The smallest absolute Gasteiger partial charge is 0.257 e. The maximum Gasteiger partial charge on any atom is 0.257 e. The number of benzene rings is 2. The van der Waals surface area contributed by atoms with E-state index in [4.69, 9.17) is 10.2 Å². The van der Waals surface area contributed by atoms with Crippen molar-refractivity contribution in [2.45, 2.75) is 11.0 Å². The fourth-order valence-electron chi connectivity index (χ4n) is 1.82. The Kier molecular flexibility index (Phi) is 3.13. The first-order chi connectivity index (χ1) is 9.20. The predicted molar refractivity (Wildman–Crippen MR) is 74.4 cm³/mol. The van der Waals surface area contributed by atoms with Gasteiger partial charge in [-0.3, -0.25) is 0 Å². The summed E-state index contributed by atoms with van der Waals surface area (Å²) in [5, 5.41) is 0.573. The summed E-state index contributed by atoms with van der Waals surface area (Å²) < 4.78 is 18.8. The van der Waals surface area contributed by atoms with Crippen molar-refractivity contribution in [3.05, 3.63) is 53.8 Å². The molecule has 0 aliphatic rings.